The van der Waals surface area contributed by atoms with Crippen molar-refractivity contribution in [3.8, 4) is 0 Å². The van der Waals surface area contributed by atoms with Crippen LogP contribution in [0.2, 0.25) is 0 Å². The number of amides is 1. The van der Waals surface area contributed by atoms with Gasteiger partial charge in [-0.1, -0.05) is 42.1 Å². The van der Waals surface area contributed by atoms with E-state index in [1.807, 2.05) is 54.6 Å². The molecule has 0 radical (unpaired) electrons. The van der Waals surface area contributed by atoms with Crippen LogP contribution in [0.25, 0.3) is 0 Å². The Hall–Kier alpha value is -3.39. The molecule has 0 spiro atoms. The van der Waals surface area contributed by atoms with Crippen LogP contribution in [0.1, 0.15) is 34.1 Å². The monoisotopic (exact) mass is 476 g/mol. The number of carbonyl (C=O) groups excluding carboxylic acids is 2. The van der Waals surface area contributed by atoms with Crippen LogP contribution in [0.4, 0.5) is 5.69 Å². The average molecular weight is 477 g/mol. The van der Waals surface area contributed by atoms with E-state index in [1.54, 1.807) is 18.7 Å². The maximum Gasteiger partial charge on any atom is 0.255 e. The van der Waals surface area contributed by atoms with Crippen LogP contribution in [0, 0.1) is 6.92 Å². The largest absolute Gasteiger partial charge is 0.368 e. The van der Waals surface area contributed by atoms with Crippen molar-refractivity contribution < 1.29 is 9.59 Å². The smallest absolute Gasteiger partial charge is 0.255 e. The van der Waals surface area contributed by atoms with Gasteiger partial charge in [0, 0.05) is 54.4 Å². The van der Waals surface area contributed by atoms with Gasteiger partial charge in [-0.15, -0.1) is 0 Å². The number of thioether (sulfide) groups is 1. The molecule has 0 bridgehead atoms. The van der Waals surface area contributed by atoms with E-state index in [9.17, 15) is 14.4 Å². The summed E-state index contributed by atoms with van der Waals surface area (Å²) < 4.78 is 0. The third-order valence-electron chi connectivity index (χ3n) is 6.02. The van der Waals surface area contributed by atoms with E-state index in [2.05, 4.69) is 14.9 Å². The minimum atomic E-state index is -0.249. The first-order valence-corrected chi connectivity index (χ1v) is 12.3. The van der Waals surface area contributed by atoms with Crippen LogP contribution < -0.4 is 10.5 Å². The molecule has 1 amide bonds. The molecule has 1 aromatic heterocycles. The van der Waals surface area contributed by atoms with E-state index in [4.69, 9.17) is 0 Å². The molecule has 8 heteroatoms. The highest BCUT2D eigenvalue weighted by molar-refractivity contribution is 7.98. The lowest BCUT2D eigenvalue weighted by Gasteiger charge is -2.36. The van der Waals surface area contributed by atoms with Crippen molar-refractivity contribution >= 4 is 29.1 Å². The molecule has 176 valence electrons. The van der Waals surface area contributed by atoms with Gasteiger partial charge >= 0.3 is 0 Å². The fourth-order valence-corrected chi connectivity index (χ4v) is 4.83. The Labute approximate surface area is 203 Å². The molecule has 1 fully saturated rings. The third kappa shape index (κ3) is 5.75. The molecule has 0 atom stereocenters. The number of nitrogens with one attached hydrogen (secondary N) is 1. The van der Waals surface area contributed by atoms with Crippen LogP contribution in [0.5, 0.6) is 0 Å². The molecular weight excluding hydrogens is 448 g/mol. The second kappa shape index (κ2) is 10.7. The maximum atomic E-state index is 12.9. The number of ketones is 1. The van der Waals surface area contributed by atoms with Crippen molar-refractivity contribution in [2.45, 2.75) is 31.2 Å². The van der Waals surface area contributed by atoms with E-state index in [0.29, 0.717) is 53.9 Å². The Bertz CT molecular complexity index is 1220. The Morgan fingerprint density at radius 1 is 1.00 bits per heavy atom. The summed E-state index contributed by atoms with van der Waals surface area (Å²) in [4.78, 5) is 48.4. The first-order chi connectivity index (χ1) is 16.4. The Balaban J connectivity index is 1.33. The number of carbonyl (C=O) groups is 2. The lowest BCUT2D eigenvalue weighted by molar-refractivity contribution is -0.130. The van der Waals surface area contributed by atoms with Crippen molar-refractivity contribution in [1.29, 1.82) is 0 Å². The molecule has 0 saturated carbocycles. The van der Waals surface area contributed by atoms with Crippen molar-refractivity contribution in [3.63, 3.8) is 0 Å². The number of H-pyrrole nitrogens is 1. The highest BCUT2D eigenvalue weighted by Gasteiger charge is 2.23. The number of aromatic nitrogens is 2. The van der Waals surface area contributed by atoms with Crippen LogP contribution >= 0.6 is 11.8 Å². The molecule has 7 nitrogen and oxygen atoms in total. The van der Waals surface area contributed by atoms with Crippen molar-refractivity contribution in [2.24, 2.45) is 0 Å². The van der Waals surface area contributed by atoms with Gasteiger partial charge in [-0.05, 0) is 43.7 Å². The van der Waals surface area contributed by atoms with Crippen molar-refractivity contribution in [3.05, 3.63) is 87.3 Å². The number of Topliss-reactive ketones (excluding diaryl/α,β-unsaturated/α-hetero) is 1. The molecule has 2 heterocycles. The summed E-state index contributed by atoms with van der Waals surface area (Å²) in [5, 5.41) is 0.562. The number of anilines is 1. The topological polar surface area (TPSA) is 86.4 Å². The van der Waals surface area contributed by atoms with Gasteiger partial charge in [0.2, 0.25) is 5.91 Å². The lowest BCUT2D eigenvalue weighted by Crippen LogP contribution is -2.49. The predicted molar refractivity (Wildman–Crippen MR) is 135 cm³/mol. The van der Waals surface area contributed by atoms with E-state index < -0.39 is 0 Å². The molecule has 34 heavy (non-hydrogen) atoms. The number of aryl methyl sites for hydroxylation is 1. The van der Waals surface area contributed by atoms with E-state index in [0.717, 1.165) is 11.3 Å². The van der Waals surface area contributed by atoms with Gasteiger partial charge in [-0.3, -0.25) is 14.4 Å². The number of piperazine rings is 1. The molecule has 3 aromatic rings. The van der Waals surface area contributed by atoms with Crippen LogP contribution in [-0.2, 0) is 17.0 Å². The summed E-state index contributed by atoms with van der Waals surface area (Å²) in [6, 6.07) is 17.6. The number of hydrogen-bond acceptors (Lipinski definition) is 6. The van der Waals surface area contributed by atoms with Crippen LogP contribution in [0.15, 0.2) is 64.5 Å². The fourth-order valence-electron chi connectivity index (χ4n) is 3.97. The predicted octanol–water partition coefficient (Wildman–Crippen LogP) is 3.46. The molecule has 4 rings (SSSR count). The lowest BCUT2D eigenvalue weighted by atomic mass is 10.1. The Morgan fingerprint density at radius 3 is 2.29 bits per heavy atom. The average Bonchev–Trinajstić information content (AvgIpc) is 2.85. The number of hydrogen-bond donors (Lipinski definition) is 1. The summed E-state index contributed by atoms with van der Waals surface area (Å²) in [6.07, 6.45) is 0.0467. The molecule has 0 aliphatic carbocycles. The number of rotatable bonds is 7. The van der Waals surface area contributed by atoms with Crippen LogP contribution in [-0.4, -0.2) is 52.7 Å². The highest BCUT2D eigenvalue weighted by atomic mass is 32.2. The van der Waals surface area contributed by atoms with Gasteiger partial charge in [0.05, 0.1) is 6.42 Å². The van der Waals surface area contributed by atoms with E-state index in [-0.39, 0.29) is 23.7 Å². The number of benzene rings is 2. The molecule has 1 aliphatic rings. The molecule has 2 aromatic carbocycles. The van der Waals surface area contributed by atoms with Gasteiger partial charge in [0.1, 0.15) is 0 Å². The summed E-state index contributed by atoms with van der Waals surface area (Å²) in [5.41, 5.74) is 3.66. The van der Waals surface area contributed by atoms with Gasteiger partial charge in [-0.25, -0.2) is 4.98 Å². The molecule has 1 aliphatic heterocycles. The second-order valence-corrected chi connectivity index (χ2v) is 9.32. The quantitative estimate of drug-likeness (QED) is 0.319. The zero-order valence-corrected chi connectivity index (χ0v) is 20.2. The first kappa shape index (κ1) is 23.8. The van der Waals surface area contributed by atoms with Crippen molar-refractivity contribution in [2.75, 3.05) is 31.1 Å². The number of nitrogens with zero attached hydrogens (tertiary/aromatic N) is 3. The summed E-state index contributed by atoms with van der Waals surface area (Å²) in [6.45, 7) is 5.92. The molecule has 0 unspecified atom stereocenters. The molecule has 1 saturated heterocycles. The first-order valence-electron chi connectivity index (χ1n) is 11.3. The SMILES string of the molecule is CC(=O)c1ccc(N2CCN(C(=O)Cc3c(C)nc(SCc4ccccc4)[nH]c3=O)CC2)cc1. The third-order valence-corrected chi connectivity index (χ3v) is 6.96. The summed E-state index contributed by atoms with van der Waals surface area (Å²) in [5.74, 6) is 0.694. The number of aromatic amines is 1. The van der Waals surface area contributed by atoms with Gasteiger partial charge in [-0.2, -0.15) is 0 Å². The summed E-state index contributed by atoms with van der Waals surface area (Å²) in [7, 11) is 0. The zero-order chi connectivity index (χ0) is 24.1. The molecule has 1 N–H and O–H groups in total. The maximum absolute atomic E-state index is 12.9. The zero-order valence-electron chi connectivity index (χ0n) is 19.4. The standard InChI is InChI=1S/C26H28N4O3S/c1-18-23(25(33)28-26(27-18)34-17-20-6-4-3-5-7-20)16-24(32)30-14-12-29(13-15-30)22-10-8-21(9-11-22)19(2)31/h3-11H,12-17H2,1-2H3,(H,27,28,33). The van der Waals surface area contributed by atoms with Gasteiger partial charge < -0.3 is 14.8 Å². The van der Waals surface area contributed by atoms with E-state index in [1.165, 1.54) is 11.8 Å². The minimum absolute atomic E-state index is 0.0459. The second-order valence-electron chi connectivity index (χ2n) is 8.36. The van der Waals surface area contributed by atoms with E-state index >= 15 is 0 Å². The normalized spacial score (nSPS) is 13.7. The summed E-state index contributed by atoms with van der Waals surface area (Å²) >= 11 is 1.47. The van der Waals surface area contributed by atoms with Gasteiger partial charge in [0.25, 0.3) is 5.56 Å². The van der Waals surface area contributed by atoms with Crippen LogP contribution in [0.3, 0.4) is 0 Å². The van der Waals surface area contributed by atoms with Crippen molar-refractivity contribution in [1.82, 2.24) is 14.9 Å². The minimum Gasteiger partial charge on any atom is -0.368 e. The van der Waals surface area contributed by atoms with Gasteiger partial charge in [0.15, 0.2) is 10.9 Å². The Kier molecular flexibility index (Phi) is 7.47. The molecular formula is C26H28N4O3S. The fraction of sp³-hybridized carbons (Fsp3) is 0.308. The highest BCUT2D eigenvalue weighted by Crippen LogP contribution is 2.20. The Morgan fingerprint density at radius 2 is 1.68 bits per heavy atom.